The third-order valence-corrected chi connectivity index (χ3v) is 3.08. The molecule has 0 bridgehead atoms. The summed E-state index contributed by atoms with van der Waals surface area (Å²) in [6.07, 6.45) is 0. The van der Waals surface area contributed by atoms with Gasteiger partial charge in [0.2, 0.25) is 0 Å². The second-order valence-corrected chi connectivity index (χ2v) is 4.26. The van der Waals surface area contributed by atoms with Crippen LogP contribution in [-0.2, 0) is 0 Å². The van der Waals surface area contributed by atoms with E-state index in [0.717, 1.165) is 22.8 Å². The van der Waals surface area contributed by atoms with E-state index < -0.39 is 0 Å². The Hall–Kier alpha value is -1.77. The average molecular weight is 215 g/mol. The monoisotopic (exact) mass is 215 g/mol. The van der Waals surface area contributed by atoms with Crippen LogP contribution >= 0.6 is 0 Å². The van der Waals surface area contributed by atoms with E-state index in [1.54, 1.807) is 0 Å². The van der Waals surface area contributed by atoms with Crippen molar-refractivity contribution in [3.63, 3.8) is 0 Å². The van der Waals surface area contributed by atoms with E-state index in [1.165, 1.54) is 11.1 Å². The zero-order chi connectivity index (χ0) is 11.9. The van der Waals surface area contributed by atoms with Crippen molar-refractivity contribution in [1.29, 1.82) is 0 Å². The number of nitrogens with zero attached hydrogens (tertiary/aromatic N) is 2. The van der Waals surface area contributed by atoms with E-state index in [1.807, 2.05) is 18.5 Å². The van der Waals surface area contributed by atoms with Gasteiger partial charge in [0.1, 0.15) is 0 Å². The van der Waals surface area contributed by atoms with Gasteiger partial charge in [0.25, 0.3) is 0 Å². The van der Waals surface area contributed by atoms with Gasteiger partial charge < -0.3 is 5.73 Å². The first-order valence-electron chi connectivity index (χ1n) is 5.40. The number of rotatable bonds is 1. The van der Waals surface area contributed by atoms with Crippen molar-refractivity contribution in [3.05, 3.63) is 40.7 Å². The first-order chi connectivity index (χ1) is 7.50. The van der Waals surface area contributed by atoms with Crippen molar-refractivity contribution >= 4 is 5.69 Å². The summed E-state index contributed by atoms with van der Waals surface area (Å²) in [6.45, 7) is 8.13. The Labute approximate surface area is 95.9 Å². The lowest BCUT2D eigenvalue weighted by atomic mass is 10.1. The van der Waals surface area contributed by atoms with Crippen molar-refractivity contribution in [2.45, 2.75) is 27.7 Å². The van der Waals surface area contributed by atoms with E-state index in [2.05, 4.69) is 37.1 Å². The van der Waals surface area contributed by atoms with Crippen molar-refractivity contribution in [2.24, 2.45) is 0 Å². The van der Waals surface area contributed by atoms with Gasteiger partial charge >= 0.3 is 0 Å². The topological polar surface area (TPSA) is 43.8 Å². The Morgan fingerprint density at radius 1 is 1.06 bits per heavy atom. The largest absolute Gasteiger partial charge is 0.396 e. The third-order valence-electron chi connectivity index (χ3n) is 3.08. The van der Waals surface area contributed by atoms with Crippen LogP contribution in [0.5, 0.6) is 0 Å². The highest BCUT2D eigenvalue weighted by molar-refractivity contribution is 5.51. The number of aryl methyl sites for hydroxylation is 3. The van der Waals surface area contributed by atoms with Gasteiger partial charge in [0, 0.05) is 0 Å². The van der Waals surface area contributed by atoms with Crippen LogP contribution in [0.15, 0.2) is 18.2 Å². The quantitative estimate of drug-likeness (QED) is 0.794. The van der Waals surface area contributed by atoms with Crippen LogP contribution in [0.3, 0.4) is 0 Å². The van der Waals surface area contributed by atoms with Crippen molar-refractivity contribution in [3.8, 4) is 5.69 Å². The standard InChI is InChI=1S/C13H17N3/c1-8-5-6-12(7-9(8)2)16-11(4)13(14)10(3)15-16/h5-7H,14H2,1-4H3. The number of nitrogens with two attached hydrogens (primary N) is 1. The fourth-order valence-corrected chi connectivity index (χ4v) is 1.76. The molecule has 2 rings (SSSR count). The predicted octanol–water partition coefficient (Wildman–Crippen LogP) is 2.69. The van der Waals surface area contributed by atoms with Crippen LogP contribution in [0.4, 0.5) is 5.69 Å². The summed E-state index contributed by atoms with van der Waals surface area (Å²) in [6, 6.07) is 6.31. The Morgan fingerprint density at radius 2 is 1.75 bits per heavy atom. The molecule has 2 N–H and O–H groups in total. The summed E-state index contributed by atoms with van der Waals surface area (Å²) < 4.78 is 1.90. The van der Waals surface area contributed by atoms with Gasteiger partial charge in [-0.25, -0.2) is 4.68 Å². The van der Waals surface area contributed by atoms with Gasteiger partial charge in [-0.1, -0.05) is 6.07 Å². The molecule has 0 atom stereocenters. The lowest BCUT2D eigenvalue weighted by Crippen LogP contribution is -2.00. The van der Waals surface area contributed by atoms with E-state index in [4.69, 9.17) is 5.73 Å². The molecule has 0 aliphatic rings. The smallest absolute Gasteiger partial charge is 0.0830 e. The molecule has 0 unspecified atom stereocenters. The molecule has 0 aliphatic heterocycles. The maximum atomic E-state index is 5.92. The van der Waals surface area contributed by atoms with Crippen LogP contribution < -0.4 is 5.73 Å². The summed E-state index contributed by atoms with van der Waals surface area (Å²) in [5, 5.41) is 4.44. The second-order valence-electron chi connectivity index (χ2n) is 4.26. The highest BCUT2D eigenvalue weighted by Gasteiger charge is 2.09. The fourth-order valence-electron chi connectivity index (χ4n) is 1.76. The minimum absolute atomic E-state index is 0.776. The maximum Gasteiger partial charge on any atom is 0.0830 e. The van der Waals surface area contributed by atoms with E-state index in [-0.39, 0.29) is 0 Å². The zero-order valence-electron chi connectivity index (χ0n) is 10.2. The normalized spacial score (nSPS) is 10.8. The molecule has 0 saturated heterocycles. The molecule has 2 aromatic rings. The fraction of sp³-hybridized carbons (Fsp3) is 0.308. The number of hydrogen-bond acceptors (Lipinski definition) is 2. The molecule has 16 heavy (non-hydrogen) atoms. The third kappa shape index (κ3) is 1.58. The van der Waals surface area contributed by atoms with Gasteiger partial charge in [0.05, 0.1) is 22.8 Å². The minimum atomic E-state index is 0.776. The van der Waals surface area contributed by atoms with Crippen molar-refractivity contribution in [2.75, 3.05) is 5.73 Å². The van der Waals surface area contributed by atoms with Gasteiger partial charge in [-0.3, -0.25) is 0 Å². The Morgan fingerprint density at radius 3 is 2.25 bits per heavy atom. The maximum absolute atomic E-state index is 5.92. The lowest BCUT2D eigenvalue weighted by molar-refractivity contribution is 0.832. The van der Waals surface area contributed by atoms with Gasteiger partial charge in [0.15, 0.2) is 0 Å². The molecule has 1 aromatic carbocycles. The van der Waals surface area contributed by atoms with E-state index >= 15 is 0 Å². The minimum Gasteiger partial charge on any atom is -0.396 e. The SMILES string of the molecule is Cc1ccc(-n2nc(C)c(N)c2C)cc1C. The second kappa shape index (κ2) is 3.67. The average Bonchev–Trinajstić information content (AvgIpc) is 2.50. The molecule has 0 amide bonds. The molecule has 0 radical (unpaired) electrons. The van der Waals surface area contributed by atoms with E-state index in [0.29, 0.717) is 0 Å². The van der Waals surface area contributed by atoms with Gasteiger partial charge in [-0.15, -0.1) is 0 Å². The first kappa shape index (κ1) is 10.7. The van der Waals surface area contributed by atoms with Crippen molar-refractivity contribution < 1.29 is 0 Å². The highest BCUT2D eigenvalue weighted by atomic mass is 15.3. The molecule has 3 nitrogen and oxygen atoms in total. The molecular formula is C13H17N3. The van der Waals surface area contributed by atoms with Gasteiger partial charge in [-0.2, -0.15) is 5.10 Å². The molecule has 1 aromatic heterocycles. The van der Waals surface area contributed by atoms with Crippen LogP contribution in [0.2, 0.25) is 0 Å². The molecule has 1 heterocycles. The van der Waals surface area contributed by atoms with Crippen LogP contribution in [0.25, 0.3) is 5.69 Å². The lowest BCUT2D eigenvalue weighted by Gasteiger charge is -2.07. The first-order valence-corrected chi connectivity index (χ1v) is 5.40. The molecular weight excluding hydrogens is 198 g/mol. The summed E-state index contributed by atoms with van der Waals surface area (Å²) in [5.74, 6) is 0. The van der Waals surface area contributed by atoms with Gasteiger partial charge in [-0.05, 0) is 51.0 Å². The zero-order valence-corrected chi connectivity index (χ0v) is 10.2. The number of nitrogen functional groups attached to an aromatic ring is 1. The summed E-state index contributed by atoms with van der Waals surface area (Å²) in [4.78, 5) is 0. The predicted molar refractivity (Wildman–Crippen MR) is 66.9 cm³/mol. The Balaban J connectivity index is 2.59. The summed E-state index contributed by atoms with van der Waals surface area (Å²) in [7, 11) is 0. The number of benzene rings is 1. The van der Waals surface area contributed by atoms with E-state index in [9.17, 15) is 0 Å². The number of aromatic nitrogens is 2. The van der Waals surface area contributed by atoms with Crippen LogP contribution in [0.1, 0.15) is 22.5 Å². The molecule has 0 spiro atoms. The Kier molecular flexibility index (Phi) is 2.46. The number of hydrogen-bond donors (Lipinski definition) is 1. The molecule has 0 fully saturated rings. The summed E-state index contributed by atoms with van der Waals surface area (Å²) in [5.41, 5.74) is 12.2. The molecule has 0 saturated carbocycles. The summed E-state index contributed by atoms with van der Waals surface area (Å²) >= 11 is 0. The number of anilines is 1. The molecule has 3 heteroatoms. The molecule has 0 aliphatic carbocycles. The highest BCUT2D eigenvalue weighted by Crippen LogP contribution is 2.20. The van der Waals surface area contributed by atoms with Crippen molar-refractivity contribution in [1.82, 2.24) is 9.78 Å². The van der Waals surface area contributed by atoms with Crippen LogP contribution in [0, 0.1) is 27.7 Å². The van der Waals surface area contributed by atoms with Crippen LogP contribution in [-0.4, -0.2) is 9.78 Å². The molecule has 84 valence electrons. The Bertz CT molecular complexity index is 538.